The molecule has 0 aromatic heterocycles. The second-order valence-corrected chi connectivity index (χ2v) is 16.9. The summed E-state index contributed by atoms with van der Waals surface area (Å²) < 4.78 is 63.6. The molecule has 0 amide bonds. The number of hydrogen-bond donors (Lipinski definition) is 8. The lowest BCUT2D eigenvalue weighted by molar-refractivity contribution is -0.0231. The Hall–Kier alpha value is -4.77. The number of rotatable bonds is 12. The van der Waals surface area contributed by atoms with Crippen LogP contribution in [-0.2, 0) is 12.8 Å². The van der Waals surface area contributed by atoms with Crippen molar-refractivity contribution in [3.8, 4) is 34.5 Å². The number of aliphatic hydroxyl groups excluding tert-OH is 6. The Morgan fingerprint density at radius 1 is 0.532 bits per heavy atom. The third-order valence-corrected chi connectivity index (χ3v) is 12.3. The Morgan fingerprint density at radius 2 is 0.935 bits per heavy atom. The third kappa shape index (κ3) is 10.7. The van der Waals surface area contributed by atoms with Crippen LogP contribution in [0.15, 0.2) is 60.7 Å². The number of benzene rings is 4. The molecule has 4 aliphatic rings. The van der Waals surface area contributed by atoms with Crippen molar-refractivity contribution in [1.82, 2.24) is 0 Å². The summed E-state index contributed by atoms with van der Waals surface area (Å²) in [6.07, 6.45) is -1.54. The van der Waals surface area contributed by atoms with Gasteiger partial charge in [-0.05, 0) is 125 Å². The van der Waals surface area contributed by atoms with Gasteiger partial charge in [0.2, 0.25) is 0 Å². The highest BCUT2D eigenvalue weighted by Crippen LogP contribution is 2.40. The van der Waals surface area contributed by atoms with Gasteiger partial charge in [-0.15, -0.1) is 0 Å². The van der Waals surface area contributed by atoms with E-state index in [1.54, 1.807) is 0 Å². The van der Waals surface area contributed by atoms with Gasteiger partial charge in [-0.25, -0.2) is 13.2 Å². The Kier molecular flexibility index (Phi) is 14.4. The van der Waals surface area contributed by atoms with Crippen LogP contribution in [0.5, 0.6) is 34.5 Å². The molecule has 0 bridgehead atoms. The van der Waals surface area contributed by atoms with Crippen LogP contribution in [-0.4, -0.2) is 89.7 Å². The average molecular weight is 869 g/mol. The monoisotopic (exact) mass is 868 g/mol. The second kappa shape index (κ2) is 19.7. The summed E-state index contributed by atoms with van der Waals surface area (Å²) in [5.41, 5.74) is 3.59. The quantitative estimate of drug-likeness (QED) is 0.0776. The molecule has 0 saturated carbocycles. The molecule has 0 fully saturated rings. The number of phenolic OH excluding ortho intramolecular Hbond substituents is 2. The first-order valence-corrected chi connectivity index (χ1v) is 21.3. The molecule has 10 atom stereocenters. The number of aromatic hydroxyl groups is 2. The second-order valence-electron chi connectivity index (χ2n) is 16.9. The molecule has 12 nitrogen and oxygen atoms in total. The van der Waals surface area contributed by atoms with Crippen LogP contribution in [0.4, 0.5) is 13.2 Å². The molecule has 0 unspecified atom stereocenters. The average Bonchev–Trinajstić information content (AvgIpc) is 3.24. The van der Waals surface area contributed by atoms with Crippen LogP contribution < -0.4 is 18.9 Å². The maximum Gasteiger partial charge on any atom is 0.168 e. The van der Waals surface area contributed by atoms with Gasteiger partial charge in [-0.1, -0.05) is 11.6 Å². The predicted octanol–water partition coefficient (Wildman–Crippen LogP) is 6.45. The number of phenols is 2. The molecule has 8 N–H and O–H groups in total. The molecule has 336 valence electrons. The third-order valence-electron chi connectivity index (χ3n) is 12.3. The highest BCUT2D eigenvalue weighted by Gasteiger charge is 2.35. The number of aryl methyl sites for hydroxylation is 3. The van der Waals surface area contributed by atoms with Gasteiger partial charge in [-0.2, -0.15) is 0 Å². The van der Waals surface area contributed by atoms with E-state index >= 15 is 0 Å². The summed E-state index contributed by atoms with van der Waals surface area (Å²) in [4.78, 5) is 0. The lowest BCUT2D eigenvalue weighted by Crippen LogP contribution is -2.37. The van der Waals surface area contributed by atoms with Gasteiger partial charge in [0, 0.05) is 36.1 Å². The van der Waals surface area contributed by atoms with E-state index in [0.717, 1.165) is 28.8 Å². The van der Waals surface area contributed by atoms with Crippen molar-refractivity contribution in [1.29, 1.82) is 0 Å². The highest BCUT2D eigenvalue weighted by atomic mass is 19.1. The summed E-state index contributed by atoms with van der Waals surface area (Å²) in [7, 11) is 0. The minimum atomic E-state index is -0.916. The molecule has 4 aliphatic heterocycles. The SMILES string of the molecule is Cc1ccc2c(c1)[C@H](O)C[C@@H]([C@@H](O)CCC[C@H](O)[C@H]1CCc3cc(O)c(F)cc3O1)O2.Oc1cc2c(cc1F)O[C@H]([C@@H](O)CCC[C@H](O)[C@H]1C[C@H](O)c3cc(F)ccc3O1)CC2. The van der Waals surface area contributed by atoms with E-state index in [-0.39, 0.29) is 6.42 Å². The summed E-state index contributed by atoms with van der Waals surface area (Å²) in [5.74, 6) is -1.16. The summed E-state index contributed by atoms with van der Waals surface area (Å²) in [6.45, 7) is 1.95. The summed E-state index contributed by atoms with van der Waals surface area (Å²) in [5, 5.41) is 81.7. The first kappa shape index (κ1) is 45.3. The number of aliphatic hydroxyl groups is 6. The number of ether oxygens (including phenoxy) is 4. The first-order valence-electron chi connectivity index (χ1n) is 21.3. The van der Waals surface area contributed by atoms with Crippen LogP contribution in [0.25, 0.3) is 0 Å². The fourth-order valence-corrected chi connectivity index (χ4v) is 8.69. The van der Waals surface area contributed by atoms with Crippen LogP contribution in [0.3, 0.4) is 0 Å². The van der Waals surface area contributed by atoms with Gasteiger partial charge in [0.1, 0.15) is 53.2 Å². The minimum absolute atomic E-state index is 0.154. The molecular weight excluding hydrogens is 813 g/mol. The van der Waals surface area contributed by atoms with Crippen molar-refractivity contribution < 1.29 is 73.0 Å². The van der Waals surface area contributed by atoms with E-state index in [2.05, 4.69) is 0 Å². The van der Waals surface area contributed by atoms with Gasteiger partial charge in [0.25, 0.3) is 0 Å². The molecule has 8 rings (SSSR count). The van der Waals surface area contributed by atoms with Crippen molar-refractivity contribution in [2.75, 3.05) is 0 Å². The molecular formula is C47H55F3O12. The van der Waals surface area contributed by atoms with Crippen molar-refractivity contribution in [3.63, 3.8) is 0 Å². The topological polar surface area (TPSA) is 199 Å². The predicted molar refractivity (Wildman–Crippen MR) is 219 cm³/mol. The van der Waals surface area contributed by atoms with Gasteiger partial charge >= 0.3 is 0 Å². The molecule has 0 aliphatic carbocycles. The van der Waals surface area contributed by atoms with Gasteiger partial charge in [0.05, 0.1) is 36.6 Å². The molecule has 62 heavy (non-hydrogen) atoms. The standard InChI is InChI=1S/C24H29FO6.C23H26F2O6/c1-13-5-7-21-15(9-13)19(28)12-24(30-21)18(27)4-2-3-17(26)22-8-6-14-10-20(29)16(25)11-23(14)31-22;24-13-5-7-20-14(9-13)18(28)11-23(30-20)17(27)3-1-2-16(26)21-6-4-12-8-19(29)15(25)10-22(12)31-21/h5,7,9-11,17-19,22,24,26-29H,2-4,6,8,12H2,1H3;5,7-10,16-18,21,23,26-29H,1-4,6,11H2/t17-,18-,19+,22+,24-;16-,17-,18-,21-,23+/m00/s1. The fourth-order valence-electron chi connectivity index (χ4n) is 8.69. The van der Waals surface area contributed by atoms with E-state index in [9.17, 15) is 54.0 Å². The van der Waals surface area contributed by atoms with E-state index in [4.69, 9.17) is 18.9 Å². The summed E-state index contributed by atoms with van der Waals surface area (Å²) in [6, 6.07) is 14.5. The normalized spacial score (nSPS) is 24.4. The summed E-state index contributed by atoms with van der Waals surface area (Å²) >= 11 is 0. The maximum atomic E-state index is 13.6. The molecule has 4 aromatic rings. The zero-order chi connectivity index (χ0) is 44.2. The van der Waals surface area contributed by atoms with Crippen LogP contribution in [0, 0.1) is 24.4 Å². The van der Waals surface area contributed by atoms with Gasteiger partial charge in [-0.3, -0.25) is 0 Å². The number of fused-ring (bicyclic) bond motifs is 4. The molecule has 0 saturated heterocycles. The lowest BCUT2D eigenvalue weighted by Gasteiger charge is -2.33. The molecule has 4 aromatic carbocycles. The van der Waals surface area contributed by atoms with E-state index in [1.807, 2.05) is 25.1 Å². The molecule has 0 radical (unpaired) electrons. The van der Waals surface area contributed by atoms with Crippen molar-refractivity contribution in [3.05, 3.63) is 106 Å². The van der Waals surface area contributed by atoms with Crippen LogP contribution in [0.1, 0.15) is 104 Å². The zero-order valence-electron chi connectivity index (χ0n) is 34.4. The van der Waals surface area contributed by atoms with E-state index in [0.29, 0.717) is 105 Å². The maximum absolute atomic E-state index is 13.6. The van der Waals surface area contributed by atoms with E-state index in [1.165, 1.54) is 30.3 Å². The Labute approximate surface area is 357 Å². The van der Waals surface area contributed by atoms with Crippen molar-refractivity contribution in [2.45, 2.75) is 145 Å². The minimum Gasteiger partial charge on any atom is -0.505 e. The van der Waals surface area contributed by atoms with Crippen molar-refractivity contribution >= 4 is 0 Å². The first-order chi connectivity index (χ1) is 29.6. The zero-order valence-corrected chi connectivity index (χ0v) is 34.4. The van der Waals surface area contributed by atoms with Crippen LogP contribution in [0.2, 0.25) is 0 Å². The van der Waals surface area contributed by atoms with Crippen molar-refractivity contribution in [2.24, 2.45) is 0 Å². The Balaban J connectivity index is 0.000000186. The highest BCUT2D eigenvalue weighted by molar-refractivity contribution is 5.44. The Bertz CT molecular complexity index is 2020. The molecule has 0 spiro atoms. The number of halogens is 3. The van der Waals surface area contributed by atoms with E-state index < -0.39 is 90.0 Å². The number of hydrogen-bond acceptors (Lipinski definition) is 12. The molecule has 4 heterocycles. The van der Waals surface area contributed by atoms with Gasteiger partial charge < -0.3 is 59.8 Å². The Morgan fingerprint density at radius 3 is 1.40 bits per heavy atom. The van der Waals surface area contributed by atoms with Gasteiger partial charge in [0.15, 0.2) is 23.1 Å². The lowest BCUT2D eigenvalue weighted by atomic mass is 9.92. The molecule has 15 heteroatoms. The fraction of sp³-hybridized carbons (Fsp3) is 0.489. The largest absolute Gasteiger partial charge is 0.505 e. The van der Waals surface area contributed by atoms with Crippen LogP contribution >= 0.6 is 0 Å². The smallest absolute Gasteiger partial charge is 0.168 e.